The van der Waals surface area contributed by atoms with Gasteiger partial charge in [-0.25, -0.2) is 4.98 Å². The summed E-state index contributed by atoms with van der Waals surface area (Å²) in [7, 11) is 0. The fraction of sp³-hybridized carbons (Fsp3) is 0.357. The molecule has 0 amide bonds. The van der Waals surface area contributed by atoms with E-state index in [0.29, 0.717) is 17.9 Å². The second-order valence-corrected chi connectivity index (χ2v) is 5.17. The number of aromatic nitrogens is 1. The maximum absolute atomic E-state index is 5.98. The van der Waals surface area contributed by atoms with Crippen molar-refractivity contribution in [3.05, 3.63) is 36.5 Å². The lowest BCUT2D eigenvalue weighted by atomic mass is 10.1. The molecule has 2 aliphatic rings. The van der Waals surface area contributed by atoms with Crippen molar-refractivity contribution in [1.29, 1.82) is 0 Å². The summed E-state index contributed by atoms with van der Waals surface area (Å²) in [6.07, 6.45) is 1.90. The fourth-order valence-electron chi connectivity index (χ4n) is 3.10. The molecule has 2 aromatic rings. The number of fused-ring (bicyclic) bond motifs is 2. The minimum Gasteiger partial charge on any atom is -0.355 e. The van der Waals surface area contributed by atoms with Gasteiger partial charge in [-0.15, -0.1) is 0 Å². The number of nitrogens with two attached hydrogens (primary N) is 1. The number of pyridine rings is 1. The first kappa shape index (κ1) is 9.42. The molecule has 17 heavy (non-hydrogen) atoms. The predicted molar refractivity (Wildman–Crippen MR) is 68.9 cm³/mol. The number of nitrogens with zero attached hydrogens (tertiary/aromatic N) is 2. The van der Waals surface area contributed by atoms with Crippen molar-refractivity contribution in [3.63, 3.8) is 0 Å². The highest BCUT2D eigenvalue weighted by Crippen LogP contribution is 2.45. The van der Waals surface area contributed by atoms with Gasteiger partial charge in [-0.05, 0) is 23.3 Å². The van der Waals surface area contributed by atoms with Gasteiger partial charge < -0.3 is 10.6 Å². The zero-order chi connectivity index (χ0) is 11.4. The van der Waals surface area contributed by atoms with Crippen molar-refractivity contribution in [2.24, 2.45) is 17.6 Å². The third-order valence-corrected chi connectivity index (χ3v) is 4.21. The molecule has 4 rings (SSSR count). The fourth-order valence-corrected chi connectivity index (χ4v) is 3.10. The van der Waals surface area contributed by atoms with Gasteiger partial charge in [-0.2, -0.15) is 0 Å². The van der Waals surface area contributed by atoms with E-state index in [9.17, 15) is 0 Å². The number of hydrogen-bond acceptors (Lipinski definition) is 3. The van der Waals surface area contributed by atoms with Crippen molar-refractivity contribution >= 4 is 16.6 Å². The van der Waals surface area contributed by atoms with Crippen LogP contribution >= 0.6 is 0 Å². The molecule has 1 aliphatic carbocycles. The summed E-state index contributed by atoms with van der Waals surface area (Å²) in [6.45, 7) is 2.15. The zero-order valence-corrected chi connectivity index (χ0v) is 9.58. The molecule has 1 saturated carbocycles. The van der Waals surface area contributed by atoms with Gasteiger partial charge >= 0.3 is 0 Å². The number of hydrogen-bond donors (Lipinski definition) is 1. The predicted octanol–water partition coefficient (Wildman–Crippen LogP) is 1.63. The summed E-state index contributed by atoms with van der Waals surface area (Å²) in [4.78, 5) is 6.94. The number of anilines is 1. The second kappa shape index (κ2) is 3.20. The number of piperidine rings is 1. The van der Waals surface area contributed by atoms with Crippen LogP contribution in [0.5, 0.6) is 0 Å². The van der Waals surface area contributed by atoms with E-state index in [0.717, 1.165) is 18.9 Å². The van der Waals surface area contributed by atoms with Gasteiger partial charge in [-0.1, -0.05) is 24.3 Å². The van der Waals surface area contributed by atoms with Crippen molar-refractivity contribution < 1.29 is 0 Å². The highest BCUT2D eigenvalue weighted by Gasteiger charge is 2.53. The second-order valence-electron chi connectivity index (χ2n) is 5.17. The first-order valence-corrected chi connectivity index (χ1v) is 6.19. The maximum atomic E-state index is 5.98. The first-order valence-electron chi connectivity index (χ1n) is 6.19. The summed E-state index contributed by atoms with van der Waals surface area (Å²) < 4.78 is 0. The summed E-state index contributed by atoms with van der Waals surface area (Å²) >= 11 is 0. The highest BCUT2D eigenvalue weighted by atomic mass is 15.2. The Kier molecular flexibility index (Phi) is 1.77. The summed E-state index contributed by atoms with van der Waals surface area (Å²) in [5.41, 5.74) is 5.98. The molecular formula is C14H15N3. The maximum Gasteiger partial charge on any atom is 0.136 e. The Labute approximate surface area is 100 Å². The molecule has 1 aromatic heterocycles. The third kappa shape index (κ3) is 1.29. The monoisotopic (exact) mass is 225 g/mol. The molecular weight excluding hydrogens is 210 g/mol. The van der Waals surface area contributed by atoms with E-state index in [1.165, 1.54) is 10.8 Å². The van der Waals surface area contributed by atoms with Crippen LogP contribution in [-0.2, 0) is 0 Å². The van der Waals surface area contributed by atoms with Crippen molar-refractivity contribution in [2.45, 2.75) is 6.04 Å². The van der Waals surface area contributed by atoms with Gasteiger partial charge in [0, 0.05) is 30.7 Å². The molecule has 2 unspecified atom stereocenters. The summed E-state index contributed by atoms with van der Waals surface area (Å²) in [6, 6.07) is 11.0. The molecule has 2 heterocycles. The van der Waals surface area contributed by atoms with E-state index in [-0.39, 0.29) is 0 Å². The van der Waals surface area contributed by atoms with Gasteiger partial charge in [0.05, 0.1) is 0 Å². The lowest BCUT2D eigenvalue weighted by Crippen LogP contribution is -2.28. The molecule has 1 aromatic carbocycles. The quantitative estimate of drug-likeness (QED) is 0.802. The molecule has 3 heteroatoms. The molecule has 1 saturated heterocycles. The van der Waals surface area contributed by atoms with Crippen LogP contribution in [-0.4, -0.2) is 24.1 Å². The lowest BCUT2D eigenvalue weighted by molar-refractivity contribution is 0.738. The van der Waals surface area contributed by atoms with Crippen LogP contribution in [0.1, 0.15) is 0 Å². The Morgan fingerprint density at radius 1 is 1.12 bits per heavy atom. The normalized spacial score (nSPS) is 30.6. The van der Waals surface area contributed by atoms with Crippen LogP contribution in [0.4, 0.5) is 5.82 Å². The van der Waals surface area contributed by atoms with Crippen LogP contribution in [0, 0.1) is 11.8 Å². The summed E-state index contributed by atoms with van der Waals surface area (Å²) in [5.74, 6) is 2.54. The Morgan fingerprint density at radius 3 is 2.71 bits per heavy atom. The summed E-state index contributed by atoms with van der Waals surface area (Å²) in [5, 5.41) is 2.52. The largest absolute Gasteiger partial charge is 0.355 e. The molecule has 2 fully saturated rings. The standard InChI is InChI=1S/C14H15N3/c15-13-11-7-17(8-12(11)13)14-10-4-2-1-3-9(10)5-6-16-14/h1-6,11-13H,7-8,15H2. The Bertz CT molecular complexity index is 563. The van der Waals surface area contributed by atoms with Crippen LogP contribution in [0.15, 0.2) is 36.5 Å². The molecule has 86 valence electrons. The molecule has 0 bridgehead atoms. The lowest BCUT2D eigenvalue weighted by Gasteiger charge is -2.21. The molecule has 0 spiro atoms. The minimum absolute atomic E-state index is 0.446. The molecule has 2 N–H and O–H groups in total. The first-order chi connectivity index (χ1) is 8.34. The zero-order valence-electron chi connectivity index (χ0n) is 9.58. The highest BCUT2D eigenvalue weighted by molar-refractivity contribution is 5.92. The molecule has 1 aliphatic heterocycles. The smallest absolute Gasteiger partial charge is 0.136 e. The van der Waals surface area contributed by atoms with E-state index < -0.39 is 0 Å². The topological polar surface area (TPSA) is 42.1 Å². The van der Waals surface area contributed by atoms with Crippen molar-refractivity contribution in [2.75, 3.05) is 18.0 Å². The molecule has 0 radical (unpaired) electrons. The van der Waals surface area contributed by atoms with E-state index in [4.69, 9.17) is 5.73 Å². The minimum atomic E-state index is 0.446. The van der Waals surface area contributed by atoms with Crippen LogP contribution in [0.2, 0.25) is 0 Å². The Hall–Kier alpha value is -1.61. The Morgan fingerprint density at radius 2 is 1.88 bits per heavy atom. The van der Waals surface area contributed by atoms with Gasteiger partial charge in [-0.3, -0.25) is 0 Å². The average molecular weight is 225 g/mol. The number of rotatable bonds is 1. The van der Waals surface area contributed by atoms with Crippen LogP contribution in [0.3, 0.4) is 0 Å². The van der Waals surface area contributed by atoms with Gasteiger partial charge in [0.25, 0.3) is 0 Å². The van der Waals surface area contributed by atoms with E-state index in [1.807, 2.05) is 6.20 Å². The van der Waals surface area contributed by atoms with Gasteiger partial charge in [0.15, 0.2) is 0 Å². The van der Waals surface area contributed by atoms with Crippen LogP contribution < -0.4 is 10.6 Å². The molecule has 2 atom stereocenters. The van der Waals surface area contributed by atoms with Crippen LogP contribution in [0.25, 0.3) is 10.8 Å². The van der Waals surface area contributed by atoms with Gasteiger partial charge in [0.2, 0.25) is 0 Å². The van der Waals surface area contributed by atoms with E-state index >= 15 is 0 Å². The van der Waals surface area contributed by atoms with Gasteiger partial charge in [0.1, 0.15) is 5.82 Å². The van der Waals surface area contributed by atoms with E-state index in [1.54, 1.807) is 0 Å². The average Bonchev–Trinajstić information content (AvgIpc) is 2.80. The SMILES string of the molecule is NC1C2CN(c3nccc4ccccc34)CC12. The Balaban J connectivity index is 1.77. The van der Waals surface area contributed by atoms with Crippen molar-refractivity contribution in [3.8, 4) is 0 Å². The van der Waals surface area contributed by atoms with E-state index in [2.05, 4.69) is 40.2 Å². The third-order valence-electron chi connectivity index (χ3n) is 4.21. The van der Waals surface area contributed by atoms with Crippen molar-refractivity contribution in [1.82, 2.24) is 4.98 Å². The number of benzene rings is 1. The molecule has 3 nitrogen and oxygen atoms in total.